The van der Waals surface area contributed by atoms with E-state index >= 15 is 0 Å². The molecule has 0 atom stereocenters. The van der Waals surface area contributed by atoms with Crippen molar-refractivity contribution in [1.82, 2.24) is 5.32 Å². The molecule has 0 spiro atoms. The molecule has 1 aliphatic rings. The Hall–Kier alpha value is -0.570. The SMILES string of the molecule is NCCCCCCNC(=O)C1CC1. The summed E-state index contributed by atoms with van der Waals surface area (Å²) < 4.78 is 0. The monoisotopic (exact) mass is 184 g/mol. The van der Waals surface area contributed by atoms with Crippen LogP contribution in [0.2, 0.25) is 0 Å². The fraction of sp³-hybridized carbons (Fsp3) is 0.900. The van der Waals surface area contributed by atoms with Gasteiger partial charge in [0.2, 0.25) is 5.91 Å². The molecule has 0 aromatic carbocycles. The Labute approximate surface area is 80.1 Å². The number of carbonyl (C=O) groups is 1. The van der Waals surface area contributed by atoms with Gasteiger partial charge in [-0.1, -0.05) is 12.8 Å². The number of carbonyl (C=O) groups excluding carboxylic acids is 1. The quantitative estimate of drug-likeness (QED) is 0.581. The van der Waals surface area contributed by atoms with Gasteiger partial charge < -0.3 is 11.1 Å². The van der Waals surface area contributed by atoms with Crippen LogP contribution in [0, 0.1) is 5.92 Å². The van der Waals surface area contributed by atoms with Crippen molar-refractivity contribution in [3.63, 3.8) is 0 Å². The maximum absolute atomic E-state index is 11.2. The van der Waals surface area contributed by atoms with Crippen LogP contribution in [0.4, 0.5) is 0 Å². The van der Waals surface area contributed by atoms with Crippen LogP contribution >= 0.6 is 0 Å². The van der Waals surface area contributed by atoms with Crippen molar-refractivity contribution in [1.29, 1.82) is 0 Å². The van der Waals surface area contributed by atoms with E-state index in [0.717, 1.165) is 38.8 Å². The highest BCUT2D eigenvalue weighted by atomic mass is 16.2. The molecule has 3 N–H and O–H groups in total. The van der Waals surface area contributed by atoms with Crippen molar-refractivity contribution in [2.24, 2.45) is 11.7 Å². The van der Waals surface area contributed by atoms with Crippen molar-refractivity contribution < 1.29 is 4.79 Å². The van der Waals surface area contributed by atoms with Crippen molar-refractivity contribution in [2.45, 2.75) is 38.5 Å². The number of nitrogens with one attached hydrogen (secondary N) is 1. The minimum atomic E-state index is 0.263. The van der Waals surface area contributed by atoms with Crippen molar-refractivity contribution in [3.8, 4) is 0 Å². The third-order valence-electron chi connectivity index (χ3n) is 2.38. The average molecular weight is 184 g/mol. The van der Waals surface area contributed by atoms with Crippen molar-refractivity contribution >= 4 is 5.91 Å². The van der Waals surface area contributed by atoms with Crippen LogP contribution in [0.3, 0.4) is 0 Å². The Balaban J connectivity index is 1.80. The summed E-state index contributed by atoms with van der Waals surface area (Å²) in [6.45, 7) is 1.63. The summed E-state index contributed by atoms with van der Waals surface area (Å²) in [6.07, 6.45) is 6.77. The third kappa shape index (κ3) is 4.88. The topological polar surface area (TPSA) is 55.1 Å². The summed E-state index contributed by atoms with van der Waals surface area (Å²) >= 11 is 0. The van der Waals surface area contributed by atoms with Gasteiger partial charge in [0.15, 0.2) is 0 Å². The van der Waals surface area contributed by atoms with E-state index in [1.807, 2.05) is 0 Å². The number of hydrogen-bond donors (Lipinski definition) is 2. The van der Waals surface area contributed by atoms with Crippen LogP contribution < -0.4 is 11.1 Å². The molecule has 0 aromatic heterocycles. The molecule has 1 saturated carbocycles. The van der Waals surface area contributed by atoms with Gasteiger partial charge in [-0.2, -0.15) is 0 Å². The number of rotatable bonds is 7. The van der Waals surface area contributed by atoms with E-state index in [0.29, 0.717) is 5.92 Å². The predicted octanol–water partition coefficient (Wildman–Crippen LogP) is 1.03. The maximum Gasteiger partial charge on any atom is 0.223 e. The van der Waals surface area contributed by atoms with E-state index in [2.05, 4.69) is 5.32 Å². The fourth-order valence-electron chi connectivity index (χ4n) is 1.32. The summed E-state index contributed by atoms with van der Waals surface area (Å²) in [7, 11) is 0. The average Bonchev–Trinajstić information content (AvgIpc) is 2.93. The first-order valence-corrected chi connectivity index (χ1v) is 5.32. The lowest BCUT2D eigenvalue weighted by Crippen LogP contribution is -2.25. The van der Waals surface area contributed by atoms with Gasteiger partial charge in [0.1, 0.15) is 0 Å². The number of hydrogen-bond acceptors (Lipinski definition) is 2. The van der Waals surface area contributed by atoms with Gasteiger partial charge in [0.05, 0.1) is 0 Å². The summed E-state index contributed by atoms with van der Waals surface area (Å²) in [6, 6.07) is 0. The van der Waals surface area contributed by atoms with E-state index in [9.17, 15) is 4.79 Å². The molecule has 76 valence electrons. The molecule has 1 aliphatic carbocycles. The maximum atomic E-state index is 11.2. The van der Waals surface area contributed by atoms with E-state index in [-0.39, 0.29) is 5.91 Å². The molecule has 0 aromatic rings. The number of nitrogens with two attached hydrogens (primary N) is 1. The zero-order valence-corrected chi connectivity index (χ0v) is 8.22. The first kappa shape index (κ1) is 10.5. The molecule has 3 heteroatoms. The molecule has 13 heavy (non-hydrogen) atoms. The van der Waals surface area contributed by atoms with E-state index in [1.165, 1.54) is 12.8 Å². The molecule has 1 rings (SSSR count). The lowest BCUT2D eigenvalue weighted by atomic mass is 10.2. The molecule has 0 heterocycles. The normalized spacial score (nSPS) is 15.8. The van der Waals surface area contributed by atoms with Crippen molar-refractivity contribution in [3.05, 3.63) is 0 Å². The standard InChI is InChI=1S/C10H20N2O/c11-7-3-1-2-4-8-12-10(13)9-5-6-9/h9H,1-8,11H2,(H,12,13). The Morgan fingerprint density at radius 3 is 2.54 bits per heavy atom. The largest absolute Gasteiger partial charge is 0.356 e. The molecule has 1 fully saturated rings. The van der Waals surface area contributed by atoms with Gasteiger partial charge in [0, 0.05) is 12.5 Å². The molecule has 0 unspecified atom stereocenters. The van der Waals surface area contributed by atoms with E-state index < -0.39 is 0 Å². The molecule has 1 amide bonds. The molecular formula is C10H20N2O. The fourth-order valence-corrected chi connectivity index (χ4v) is 1.32. The smallest absolute Gasteiger partial charge is 0.223 e. The van der Waals surface area contributed by atoms with Crippen LogP contribution in [0.5, 0.6) is 0 Å². The van der Waals surface area contributed by atoms with E-state index in [1.54, 1.807) is 0 Å². The van der Waals surface area contributed by atoms with Gasteiger partial charge >= 0.3 is 0 Å². The van der Waals surface area contributed by atoms with Crippen LogP contribution in [0.25, 0.3) is 0 Å². The number of unbranched alkanes of at least 4 members (excludes halogenated alkanes) is 3. The Morgan fingerprint density at radius 2 is 1.92 bits per heavy atom. The lowest BCUT2D eigenvalue weighted by Gasteiger charge is -2.03. The highest BCUT2D eigenvalue weighted by Gasteiger charge is 2.28. The van der Waals surface area contributed by atoms with Gasteiger partial charge in [-0.05, 0) is 32.2 Å². The second-order valence-electron chi connectivity index (χ2n) is 3.77. The first-order valence-electron chi connectivity index (χ1n) is 5.32. The molecule has 0 bridgehead atoms. The Kier molecular flexibility index (Phi) is 4.83. The molecule has 3 nitrogen and oxygen atoms in total. The number of amides is 1. The predicted molar refractivity (Wildman–Crippen MR) is 53.3 cm³/mol. The summed E-state index contributed by atoms with van der Waals surface area (Å²) in [4.78, 5) is 11.2. The highest BCUT2D eigenvalue weighted by Crippen LogP contribution is 2.28. The second-order valence-corrected chi connectivity index (χ2v) is 3.77. The zero-order valence-electron chi connectivity index (χ0n) is 8.22. The van der Waals surface area contributed by atoms with Gasteiger partial charge in [0.25, 0.3) is 0 Å². The molecule has 0 saturated heterocycles. The van der Waals surface area contributed by atoms with Gasteiger partial charge in [-0.25, -0.2) is 0 Å². The third-order valence-corrected chi connectivity index (χ3v) is 2.38. The molecular weight excluding hydrogens is 164 g/mol. The summed E-state index contributed by atoms with van der Waals surface area (Å²) in [5.74, 6) is 0.614. The zero-order chi connectivity index (χ0) is 9.52. The highest BCUT2D eigenvalue weighted by molar-refractivity contribution is 5.80. The van der Waals surface area contributed by atoms with Gasteiger partial charge in [-0.15, -0.1) is 0 Å². The minimum Gasteiger partial charge on any atom is -0.356 e. The Bertz CT molecular complexity index is 155. The summed E-state index contributed by atoms with van der Waals surface area (Å²) in [5, 5.41) is 2.95. The van der Waals surface area contributed by atoms with Crippen LogP contribution in [-0.2, 0) is 4.79 Å². The van der Waals surface area contributed by atoms with Crippen molar-refractivity contribution in [2.75, 3.05) is 13.1 Å². The molecule has 0 radical (unpaired) electrons. The summed E-state index contributed by atoms with van der Waals surface area (Å²) in [5.41, 5.74) is 5.37. The first-order chi connectivity index (χ1) is 6.34. The Morgan fingerprint density at radius 1 is 1.23 bits per heavy atom. The van der Waals surface area contributed by atoms with E-state index in [4.69, 9.17) is 5.73 Å². The second kappa shape index (κ2) is 5.97. The minimum absolute atomic E-state index is 0.263. The lowest BCUT2D eigenvalue weighted by molar-refractivity contribution is -0.122. The van der Waals surface area contributed by atoms with Crippen LogP contribution in [0.1, 0.15) is 38.5 Å². The molecule has 0 aliphatic heterocycles. The van der Waals surface area contributed by atoms with Crippen LogP contribution in [-0.4, -0.2) is 19.0 Å². The van der Waals surface area contributed by atoms with Gasteiger partial charge in [-0.3, -0.25) is 4.79 Å². The van der Waals surface area contributed by atoms with Crippen LogP contribution in [0.15, 0.2) is 0 Å².